The molecule has 12 heteroatoms. The van der Waals surface area contributed by atoms with Gasteiger partial charge in [0, 0.05) is 61.3 Å². The van der Waals surface area contributed by atoms with Crippen LogP contribution in [-0.4, -0.2) is 56.5 Å². The van der Waals surface area contributed by atoms with Gasteiger partial charge in [-0.15, -0.1) is 0 Å². The van der Waals surface area contributed by atoms with E-state index in [-0.39, 0.29) is 17.4 Å². The van der Waals surface area contributed by atoms with Gasteiger partial charge in [0.15, 0.2) is 0 Å². The Kier molecular flexibility index (Phi) is 9.99. The van der Waals surface area contributed by atoms with Crippen molar-refractivity contribution < 1.29 is 28.2 Å². The third-order valence-corrected chi connectivity index (χ3v) is 9.80. The van der Waals surface area contributed by atoms with Gasteiger partial charge in [0.1, 0.15) is 28.7 Å². The Morgan fingerprint density at radius 3 is 2.51 bits per heavy atom. The molecule has 3 N–H and O–H groups in total. The number of amides is 1. The number of nitrogens with zero attached hydrogens (tertiary/aromatic N) is 3. The number of nitrogens with one attached hydrogen (secondary N) is 2. The van der Waals surface area contributed by atoms with Gasteiger partial charge in [-0.25, -0.2) is 13.8 Å². The normalized spacial score (nSPS) is 16.7. The number of methoxy groups -OCH3 is 1. The van der Waals surface area contributed by atoms with Crippen LogP contribution < -0.4 is 10.6 Å². The van der Waals surface area contributed by atoms with Gasteiger partial charge >= 0.3 is 0 Å². The number of aromatic nitrogens is 3. The van der Waals surface area contributed by atoms with Crippen LogP contribution >= 0.6 is 11.6 Å². The number of carbonyl (C=O) groups excluding carboxylic acids is 2. The van der Waals surface area contributed by atoms with Crippen molar-refractivity contribution in [3.63, 3.8) is 0 Å². The number of benzene rings is 2. The lowest BCUT2D eigenvalue weighted by molar-refractivity contribution is -0.112. The van der Waals surface area contributed by atoms with Crippen LogP contribution in [-0.2, 0) is 23.2 Å². The number of carbonyl (C=O) groups is 2. The Bertz CT molecular complexity index is 2090. The highest BCUT2D eigenvalue weighted by Crippen LogP contribution is 2.40. The molecule has 0 saturated heterocycles. The summed E-state index contributed by atoms with van der Waals surface area (Å²) >= 11 is 6.95. The molecular weight excluding hydrogens is 652 g/mol. The zero-order chi connectivity index (χ0) is 35.0. The molecule has 1 saturated carbocycles. The van der Waals surface area contributed by atoms with Crippen molar-refractivity contribution in [2.24, 2.45) is 7.05 Å². The van der Waals surface area contributed by atoms with Gasteiger partial charge in [0.05, 0.1) is 34.5 Å². The summed E-state index contributed by atoms with van der Waals surface area (Å²) in [5, 5.41) is 16.4. The monoisotopic (exact) mass is 689 g/mol. The topological polar surface area (TPSA) is 110 Å². The Hall–Kier alpha value is -4.42. The first kappa shape index (κ1) is 34.4. The highest BCUT2D eigenvalue weighted by atomic mass is 35.5. The van der Waals surface area contributed by atoms with Crippen LogP contribution in [0.2, 0.25) is 5.02 Å². The molecule has 1 fully saturated rings. The maximum absolute atomic E-state index is 15.2. The molecular formula is C37H38ClF2N5O4. The summed E-state index contributed by atoms with van der Waals surface area (Å²) in [6, 6.07) is 9.17. The summed E-state index contributed by atoms with van der Waals surface area (Å²) in [5.41, 5.74) is 3.86. The molecule has 0 aliphatic heterocycles. The molecule has 9 nitrogen and oxygen atoms in total. The third kappa shape index (κ3) is 6.63. The Balaban J connectivity index is 1.24. The van der Waals surface area contributed by atoms with Crippen LogP contribution in [0.4, 0.5) is 14.5 Å². The highest BCUT2D eigenvalue weighted by Gasteiger charge is 2.25. The molecule has 0 atom stereocenters. The van der Waals surface area contributed by atoms with E-state index in [1.54, 1.807) is 29.8 Å². The molecule has 3 heterocycles. The molecule has 1 aliphatic rings. The summed E-state index contributed by atoms with van der Waals surface area (Å²) in [6.45, 7) is 3.84. The van der Waals surface area contributed by atoms with Gasteiger partial charge in [0.25, 0.3) is 0 Å². The predicted octanol–water partition coefficient (Wildman–Crippen LogP) is 6.81. The van der Waals surface area contributed by atoms with Gasteiger partial charge < -0.3 is 29.4 Å². The number of imidazole rings is 1. The van der Waals surface area contributed by atoms with Crippen molar-refractivity contribution in [1.82, 2.24) is 19.3 Å². The summed E-state index contributed by atoms with van der Waals surface area (Å²) < 4.78 is 39.4. The first-order chi connectivity index (χ1) is 23.5. The minimum atomic E-state index is -1.09. The van der Waals surface area contributed by atoms with Crippen molar-refractivity contribution in [1.29, 1.82) is 0 Å². The third-order valence-electron chi connectivity index (χ3n) is 9.43. The number of halogens is 3. The fourth-order valence-corrected chi connectivity index (χ4v) is 7.12. The van der Waals surface area contributed by atoms with Crippen molar-refractivity contribution in [3.05, 3.63) is 99.6 Å². The Morgan fingerprint density at radius 1 is 1.12 bits per heavy atom. The fourth-order valence-electron chi connectivity index (χ4n) is 6.73. The SMILES string of the molecule is COC1CCC(NC/C=C/C(=O)Nc2c(F)cc(C(=O)c3cc(CO)c4c(-c5c(C)cc6c(nc(C)n6C)c5Cl)cccn34)cc2F)CC1. The minimum Gasteiger partial charge on any atom is -0.392 e. The highest BCUT2D eigenvalue weighted by molar-refractivity contribution is 6.38. The molecule has 1 aliphatic carbocycles. The minimum absolute atomic E-state index is 0.0890. The van der Waals surface area contributed by atoms with E-state index >= 15 is 8.78 Å². The molecule has 256 valence electrons. The second-order valence-electron chi connectivity index (χ2n) is 12.5. The van der Waals surface area contributed by atoms with E-state index in [9.17, 15) is 14.7 Å². The number of fused-ring (bicyclic) bond motifs is 2. The maximum Gasteiger partial charge on any atom is 0.248 e. The standard InChI is InChI=1S/C37H38ClF2N5O4/c1-20-15-29-35(42-21(2)44(29)3)33(38)32(20)26-7-6-14-45-30(18-23(19-46)36(26)45)37(48)22-16-27(39)34(28(40)17-22)43-31(47)8-5-13-41-24-9-11-25(49-4)12-10-24/h5-8,14-18,24-25,41,46H,9-13,19H2,1-4H3,(H,43,47)/b8-5+. The summed E-state index contributed by atoms with van der Waals surface area (Å²) in [5.74, 6) is -2.77. The smallest absolute Gasteiger partial charge is 0.248 e. The van der Waals surface area contributed by atoms with Crippen molar-refractivity contribution in [2.45, 2.75) is 58.3 Å². The van der Waals surface area contributed by atoms with E-state index in [0.29, 0.717) is 45.3 Å². The second kappa shape index (κ2) is 14.2. The van der Waals surface area contributed by atoms with Crippen LogP contribution in [0.25, 0.3) is 27.7 Å². The largest absolute Gasteiger partial charge is 0.392 e. The number of pyridine rings is 1. The molecule has 0 radical (unpaired) electrons. The molecule has 5 aromatic rings. The number of hydrogen-bond acceptors (Lipinski definition) is 6. The lowest BCUT2D eigenvalue weighted by Gasteiger charge is -2.27. The molecule has 0 spiro atoms. The van der Waals surface area contributed by atoms with E-state index in [4.69, 9.17) is 16.3 Å². The number of aryl methyl sites for hydroxylation is 3. The van der Waals surface area contributed by atoms with E-state index in [1.807, 2.05) is 37.6 Å². The molecule has 3 aromatic heterocycles. The summed E-state index contributed by atoms with van der Waals surface area (Å²) in [7, 11) is 3.63. The first-order valence-corrected chi connectivity index (χ1v) is 16.5. The Morgan fingerprint density at radius 2 is 1.84 bits per heavy atom. The first-order valence-electron chi connectivity index (χ1n) is 16.2. The van der Waals surface area contributed by atoms with E-state index in [0.717, 1.165) is 54.7 Å². The average molecular weight is 690 g/mol. The van der Waals surface area contributed by atoms with E-state index < -0.39 is 35.6 Å². The maximum atomic E-state index is 15.2. The number of ketones is 1. The van der Waals surface area contributed by atoms with Gasteiger partial charge in [-0.05, 0) is 75.4 Å². The van der Waals surface area contributed by atoms with Crippen LogP contribution in [0, 0.1) is 25.5 Å². The molecule has 0 bridgehead atoms. The second-order valence-corrected chi connectivity index (χ2v) is 12.9. The average Bonchev–Trinajstić information content (AvgIpc) is 3.61. The zero-order valence-electron chi connectivity index (χ0n) is 27.7. The molecule has 1 amide bonds. The number of aliphatic hydroxyl groups excluding tert-OH is 1. The summed E-state index contributed by atoms with van der Waals surface area (Å²) in [4.78, 5) is 30.9. The van der Waals surface area contributed by atoms with Gasteiger partial charge in [-0.1, -0.05) is 23.7 Å². The lowest BCUT2D eigenvalue weighted by Crippen LogP contribution is -2.35. The van der Waals surface area contributed by atoms with Crippen molar-refractivity contribution >= 4 is 45.5 Å². The summed E-state index contributed by atoms with van der Waals surface area (Å²) in [6.07, 6.45) is 8.62. The number of aliphatic hydroxyl groups is 1. The van der Waals surface area contributed by atoms with Crippen LogP contribution in [0.5, 0.6) is 0 Å². The van der Waals surface area contributed by atoms with Crippen LogP contribution in [0.1, 0.15) is 58.7 Å². The lowest BCUT2D eigenvalue weighted by atomic mass is 9.93. The number of rotatable bonds is 10. The zero-order valence-corrected chi connectivity index (χ0v) is 28.5. The van der Waals surface area contributed by atoms with Crippen molar-refractivity contribution in [2.75, 3.05) is 19.0 Å². The molecule has 49 heavy (non-hydrogen) atoms. The molecule has 6 rings (SSSR count). The van der Waals surface area contributed by atoms with Crippen LogP contribution in [0.3, 0.4) is 0 Å². The van der Waals surface area contributed by atoms with Gasteiger partial charge in [0.2, 0.25) is 11.7 Å². The van der Waals surface area contributed by atoms with Crippen LogP contribution in [0.15, 0.2) is 54.7 Å². The number of ether oxygens (including phenoxy) is 1. The van der Waals surface area contributed by atoms with Crippen molar-refractivity contribution in [3.8, 4) is 11.1 Å². The van der Waals surface area contributed by atoms with Gasteiger partial charge in [-0.3, -0.25) is 9.59 Å². The number of anilines is 1. The predicted molar refractivity (Wildman–Crippen MR) is 186 cm³/mol. The fraction of sp³-hybridized carbons (Fsp3) is 0.324. The van der Waals surface area contributed by atoms with E-state index in [1.165, 1.54) is 12.1 Å². The quantitative estimate of drug-likeness (QED) is 0.110. The van der Waals surface area contributed by atoms with Gasteiger partial charge in [-0.2, -0.15) is 0 Å². The number of hydrogen-bond donors (Lipinski definition) is 3. The Labute approximate surface area is 287 Å². The van der Waals surface area contributed by atoms with E-state index in [2.05, 4.69) is 15.6 Å². The molecule has 0 unspecified atom stereocenters. The molecule has 2 aromatic carbocycles.